The van der Waals surface area contributed by atoms with Gasteiger partial charge in [-0.3, -0.25) is 0 Å². The Hall–Kier alpha value is -0.750. The molecule has 6 heteroatoms. The molecule has 1 aromatic heterocycles. The molecule has 1 fully saturated rings. The van der Waals surface area contributed by atoms with Crippen LogP contribution < -0.4 is 4.90 Å². The SMILES string of the molecule is COC(=O)c1csc(N2CCSCC2C)n1. The number of hydrogen-bond acceptors (Lipinski definition) is 6. The van der Waals surface area contributed by atoms with Gasteiger partial charge in [-0.1, -0.05) is 0 Å². The lowest BCUT2D eigenvalue weighted by atomic mass is 10.3. The highest BCUT2D eigenvalue weighted by atomic mass is 32.2. The third-order valence-electron chi connectivity index (χ3n) is 2.50. The number of thioether (sulfide) groups is 1. The number of methoxy groups -OCH3 is 1. The minimum Gasteiger partial charge on any atom is -0.464 e. The van der Waals surface area contributed by atoms with Gasteiger partial charge in [-0.15, -0.1) is 11.3 Å². The summed E-state index contributed by atoms with van der Waals surface area (Å²) < 4.78 is 4.65. The highest BCUT2D eigenvalue weighted by molar-refractivity contribution is 7.99. The standard InChI is InChI=1S/C10H14N2O2S2/c1-7-5-15-4-3-12(7)10-11-8(6-16-10)9(13)14-2/h6-7H,3-5H2,1-2H3. The number of esters is 1. The van der Waals surface area contributed by atoms with E-state index in [1.807, 2.05) is 11.8 Å². The van der Waals surface area contributed by atoms with E-state index in [-0.39, 0.29) is 5.97 Å². The average molecular weight is 258 g/mol. The predicted molar refractivity (Wildman–Crippen MR) is 67.6 cm³/mol. The molecule has 1 aromatic rings. The molecule has 16 heavy (non-hydrogen) atoms. The molecular formula is C10H14N2O2S2. The van der Waals surface area contributed by atoms with Gasteiger partial charge in [0.1, 0.15) is 0 Å². The van der Waals surface area contributed by atoms with Crippen LogP contribution in [-0.4, -0.2) is 42.2 Å². The third kappa shape index (κ3) is 2.32. The van der Waals surface area contributed by atoms with E-state index in [1.165, 1.54) is 18.4 Å². The molecule has 1 aliphatic heterocycles. The van der Waals surface area contributed by atoms with Gasteiger partial charge in [0.15, 0.2) is 10.8 Å². The maximum absolute atomic E-state index is 11.3. The monoisotopic (exact) mass is 258 g/mol. The van der Waals surface area contributed by atoms with Crippen molar-refractivity contribution in [3.8, 4) is 0 Å². The molecule has 0 amide bonds. The molecule has 0 N–H and O–H groups in total. The summed E-state index contributed by atoms with van der Waals surface area (Å²) in [5.41, 5.74) is 0.410. The maximum Gasteiger partial charge on any atom is 0.357 e. The van der Waals surface area contributed by atoms with Gasteiger partial charge in [0.2, 0.25) is 0 Å². The van der Waals surface area contributed by atoms with Gasteiger partial charge in [0.25, 0.3) is 0 Å². The Morgan fingerprint density at radius 2 is 2.50 bits per heavy atom. The van der Waals surface area contributed by atoms with E-state index in [2.05, 4.69) is 21.5 Å². The molecular weight excluding hydrogens is 244 g/mol. The van der Waals surface area contributed by atoms with Crippen LogP contribution in [0.1, 0.15) is 17.4 Å². The number of anilines is 1. The number of hydrogen-bond donors (Lipinski definition) is 0. The van der Waals surface area contributed by atoms with Crippen molar-refractivity contribution >= 4 is 34.2 Å². The molecule has 0 aromatic carbocycles. The molecule has 1 atom stereocenters. The fourth-order valence-corrected chi connectivity index (χ4v) is 3.54. The van der Waals surface area contributed by atoms with Gasteiger partial charge >= 0.3 is 5.97 Å². The zero-order valence-corrected chi connectivity index (χ0v) is 10.9. The fourth-order valence-electron chi connectivity index (χ4n) is 1.61. The molecule has 2 rings (SSSR count). The van der Waals surface area contributed by atoms with Gasteiger partial charge < -0.3 is 9.64 Å². The van der Waals surface area contributed by atoms with Crippen molar-refractivity contribution in [3.05, 3.63) is 11.1 Å². The van der Waals surface area contributed by atoms with Gasteiger partial charge in [0.05, 0.1) is 7.11 Å². The first-order chi connectivity index (χ1) is 7.72. The Morgan fingerprint density at radius 3 is 3.19 bits per heavy atom. The molecule has 1 unspecified atom stereocenters. The zero-order valence-electron chi connectivity index (χ0n) is 9.30. The second-order valence-electron chi connectivity index (χ2n) is 3.62. The Morgan fingerprint density at radius 1 is 1.69 bits per heavy atom. The van der Waals surface area contributed by atoms with Crippen molar-refractivity contribution < 1.29 is 9.53 Å². The average Bonchev–Trinajstić information content (AvgIpc) is 2.78. The predicted octanol–water partition coefficient (Wildman–Crippen LogP) is 1.87. The Labute approximate surface area is 103 Å². The van der Waals surface area contributed by atoms with E-state index < -0.39 is 0 Å². The summed E-state index contributed by atoms with van der Waals surface area (Å²) in [6.07, 6.45) is 0. The summed E-state index contributed by atoms with van der Waals surface area (Å²) >= 11 is 3.47. The second kappa shape index (κ2) is 5.05. The number of aromatic nitrogens is 1. The van der Waals surface area contributed by atoms with Crippen LogP contribution in [0, 0.1) is 0 Å². The lowest BCUT2D eigenvalue weighted by Crippen LogP contribution is -2.40. The number of nitrogens with zero attached hydrogens (tertiary/aromatic N) is 2. The quantitative estimate of drug-likeness (QED) is 0.758. The van der Waals surface area contributed by atoms with Crippen LogP contribution in [0.5, 0.6) is 0 Å². The molecule has 2 heterocycles. The van der Waals surface area contributed by atoms with Crippen molar-refractivity contribution in [3.63, 3.8) is 0 Å². The number of carbonyl (C=O) groups excluding carboxylic acids is 1. The first-order valence-corrected chi connectivity index (χ1v) is 7.14. The van der Waals surface area contributed by atoms with Crippen molar-refractivity contribution in [1.29, 1.82) is 0 Å². The normalized spacial score (nSPS) is 20.9. The van der Waals surface area contributed by atoms with Crippen LogP contribution >= 0.6 is 23.1 Å². The van der Waals surface area contributed by atoms with Gasteiger partial charge in [-0.2, -0.15) is 11.8 Å². The zero-order chi connectivity index (χ0) is 11.5. The molecule has 0 bridgehead atoms. The first-order valence-electron chi connectivity index (χ1n) is 5.10. The number of carbonyl (C=O) groups is 1. The van der Waals surface area contributed by atoms with E-state index in [1.54, 1.807) is 5.38 Å². The van der Waals surface area contributed by atoms with Crippen molar-refractivity contribution in [2.45, 2.75) is 13.0 Å². The minimum atomic E-state index is -0.360. The van der Waals surface area contributed by atoms with E-state index in [9.17, 15) is 4.79 Å². The van der Waals surface area contributed by atoms with Crippen LogP contribution in [0.4, 0.5) is 5.13 Å². The smallest absolute Gasteiger partial charge is 0.357 e. The van der Waals surface area contributed by atoms with E-state index in [0.29, 0.717) is 11.7 Å². The van der Waals surface area contributed by atoms with E-state index in [0.717, 1.165) is 23.2 Å². The Kier molecular flexibility index (Phi) is 3.70. The highest BCUT2D eigenvalue weighted by Gasteiger charge is 2.22. The molecule has 1 aliphatic rings. The molecule has 1 saturated heterocycles. The Bertz CT molecular complexity index is 381. The summed E-state index contributed by atoms with van der Waals surface area (Å²) in [7, 11) is 1.38. The third-order valence-corrected chi connectivity index (χ3v) is 4.57. The van der Waals surface area contributed by atoms with Crippen LogP contribution in [0.15, 0.2) is 5.38 Å². The second-order valence-corrected chi connectivity index (χ2v) is 5.61. The van der Waals surface area contributed by atoms with Crippen molar-refractivity contribution in [2.75, 3.05) is 30.1 Å². The molecule has 0 aliphatic carbocycles. The lowest BCUT2D eigenvalue weighted by Gasteiger charge is -2.32. The van der Waals surface area contributed by atoms with Crippen LogP contribution in [-0.2, 0) is 4.74 Å². The van der Waals surface area contributed by atoms with Crippen molar-refractivity contribution in [1.82, 2.24) is 4.98 Å². The highest BCUT2D eigenvalue weighted by Crippen LogP contribution is 2.27. The Balaban J connectivity index is 2.14. The van der Waals surface area contributed by atoms with Gasteiger partial charge in [-0.05, 0) is 6.92 Å². The van der Waals surface area contributed by atoms with Gasteiger partial charge in [0, 0.05) is 29.5 Å². The van der Waals surface area contributed by atoms with Crippen molar-refractivity contribution in [2.24, 2.45) is 0 Å². The number of ether oxygens (including phenoxy) is 1. The van der Waals surface area contributed by atoms with Crippen LogP contribution in [0.2, 0.25) is 0 Å². The lowest BCUT2D eigenvalue weighted by molar-refractivity contribution is 0.0595. The minimum absolute atomic E-state index is 0.360. The van der Waals surface area contributed by atoms with Gasteiger partial charge in [-0.25, -0.2) is 9.78 Å². The van der Waals surface area contributed by atoms with Crippen LogP contribution in [0.25, 0.3) is 0 Å². The molecule has 4 nitrogen and oxygen atoms in total. The number of thiazole rings is 1. The maximum atomic E-state index is 11.3. The molecule has 0 spiro atoms. The molecule has 0 saturated carbocycles. The molecule has 0 radical (unpaired) electrons. The summed E-state index contributed by atoms with van der Waals surface area (Å²) in [6, 6.07) is 0.482. The summed E-state index contributed by atoms with van der Waals surface area (Å²) in [4.78, 5) is 17.9. The summed E-state index contributed by atoms with van der Waals surface area (Å²) in [6.45, 7) is 3.19. The number of rotatable bonds is 2. The van der Waals surface area contributed by atoms with E-state index >= 15 is 0 Å². The summed E-state index contributed by atoms with van der Waals surface area (Å²) in [5.74, 6) is 1.88. The van der Waals surface area contributed by atoms with Crippen LogP contribution in [0.3, 0.4) is 0 Å². The first kappa shape index (κ1) is 11.7. The molecule has 88 valence electrons. The van der Waals surface area contributed by atoms with E-state index in [4.69, 9.17) is 0 Å². The topological polar surface area (TPSA) is 42.4 Å². The fraction of sp³-hybridized carbons (Fsp3) is 0.600. The summed E-state index contributed by atoms with van der Waals surface area (Å²) in [5, 5.41) is 2.68. The largest absolute Gasteiger partial charge is 0.464 e.